The monoisotopic (exact) mass is 315 g/mol. The van der Waals surface area contributed by atoms with Crippen molar-refractivity contribution in [3.63, 3.8) is 0 Å². The number of pyridine rings is 1. The van der Waals surface area contributed by atoms with E-state index in [1.54, 1.807) is 13.2 Å². The standard InChI is InChI=1S/C17H21N3O3/c1-12-10-15(17(23)19(3)9-7-16(21)22)13(2)20(12)11-14-6-4-5-8-18-14/h4-6,8,10H,7,9,11H2,1-3H3,(H,21,22). The number of aryl methyl sites for hydroxylation is 1. The molecule has 2 rings (SSSR count). The van der Waals surface area contributed by atoms with Crippen molar-refractivity contribution in [2.24, 2.45) is 0 Å². The van der Waals surface area contributed by atoms with Crippen molar-refractivity contribution in [1.82, 2.24) is 14.5 Å². The van der Waals surface area contributed by atoms with Crippen LogP contribution < -0.4 is 0 Å². The molecule has 2 aromatic rings. The molecule has 6 heteroatoms. The first-order valence-corrected chi connectivity index (χ1v) is 7.44. The van der Waals surface area contributed by atoms with Gasteiger partial charge in [0, 0.05) is 31.2 Å². The normalized spacial score (nSPS) is 10.6. The first-order valence-electron chi connectivity index (χ1n) is 7.44. The molecule has 23 heavy (non-hydrogen) atoms. The Labute approximate surface area is 135 Å². The molecule has 1 amide bonds. The van der Waals surface area contributed by atoms with Crippen molar-refractivity contribution < 1.29 is 14.7 Å². The zero-order chi connectivity index (χ0) is 17.0. The summed E-state index contributed by atoms with van der Waals surface area (Å²) in [5.41, 5.74) is 3.36. The number of amides is 1. The van der Waals surface area contributed by atoms with Crippen LogP contribution in [0.3, 0.4) is 0 Å². The van der Waals surface area contributed by atoms with E-state index in [1.165, 1.54) is 4.90 Å². The quantitative estimate of drug-likeness (QED) is 0.885. The molecular formula is C17H21N3O3. The highest BCUT2D eigenvalue weighted by molar-refractivity contribution is 5.95. The Hall–Kier alpha value is -2.63. The van der Waals surface area contributed by atoms with Crippen LogP contribution in [0.2, 0.25) is 0 Å². The van der Waals surface area contributed by atoms with Crippen LogP contribution in [0.5, 0.6) is 0 Å². The Morgan fingerprint density at radius 1 is 1.30 bits per heavy atom. The van der Waals surface area contributed by atoms with E-state index in [1.807, 2.05) is 42.7 Å². The van der Waals surface area contributed by atoms with Gasteiger partial charge in [-0.2, -0.15) is 0 Å². The molecule has 1 N–H and O–H groups in total. The molecule has 0 fully saturated rings. The lowest BCUT2D eigenvalue weighted by Gasteiger charge is -2.16. The molecule has 0 aliphatic carbocycles. The van der Waals surface area contributed by atoms with Crippen LogP contribution in [0.15, 0.2) is 30.5 Å². The summed E-state index contributed by atoms with van der Waals surface area (Å²) in [5, 5.41) is 8.73. The smallest absolute Gasteiger partial charge is 0.305 e. The predicted octanol–water partition coefficient (Wildman–Crippen LogP) is 2.09. The minimum atomic E-state index is -0.912. The lowest BCUT2D eigenvalue weighted by Crippen LogP contribution is -2.29. The zero-order valence-electron chi connectivity index (χ0n) is 13.6. The second kappa shape index (κ2) is 7.09. The van der Waals surface area contributed by atoms with Gasteiger partial charge in [-0.15, -0.1) is 0 Å². The van der Waals surface area contributed by atoms with Crippen LogP contribution in [0.4, 0.5) is 0 Å². The van der Waals surface area contributed by atoms with E-state index in [9.17, 15) is 9.59 Å². The van der Waals surface area contributed by atoms with Gasteiger partial charge < -0.3 is 14.6 Å². The molecule has 0 unspecified atom stereocenters. The van der Waals surface area contributed by atoms with Crippen LogP contribution in [-0.4, -0.2) is 45.0 Å². The van der Waals surface area contributed by atoms with E-state index in [-0.39, 0.29) is 18.9 Å². The number of hydrogen-bond donors (Lipinski definition) is 1. The molecule has 0 saturated carbocycles. The minimum Gasteiger partial charge on any atom is -0.481 e. The molecule has 0 bridgehead atoms. The summed E-state index contributed by atoms with van der Waals surface area (Å²) < 4.78 is 2.04. The Morgan fingerprint density at radius 2 is 2.04 bits per heavy atom. The number of aromatic nitrogens is 2. The van der Waals surface area contributed by atoms with Crippen molar-refractivity contribution in [3.8, 4) is 0 Å². The zero-order valence-corrected chi connectivity index (χ0v) is 13.6. The van der Waals surface area contributed by atoms with Crippen LogP contribution in [0.25, 0.3) is 0 Å². The molecular weight excluding hydrogens is 294 g/mol. The lowest BCUT2D eigenvalue weighted by atomic mass is 10.2. The Morgan fingerprint density at radius 3 is 2.65 bits per heavy atom. The molecule has 0 spiro atoms. The van der Waals surface area contributed by atoms with Crippen molar-refractivity contribution >= 4 is 11.9 Å². The van der Waals surface area contributed by atoms with E-state index in [2.05, 4.69) is 4.98 Å². The maximum atomic E-state index is 12.5. The number of carbonyl (C=O) groups is 2. The fourth-order valence-electron chi connectivity index (χ4n) is 2.49. The highest BCUT2D eigenvalue weighted by atomic mass is 16.4. The summed E-state index contributed by atoms with van der Waals surface area (Å²) in [6.07, 6.45) is 1.68. The second-order valence-corrected chi connectivity index (χ2v) is 5.56. The highest BCUT2D eigenvalue weighted by Gasteiger charge is 2.19. The third kappa shape index (κ3) is 3.97. The summed E-state index contributed by atoms with van der Waals surface area (Å²) in [4.78, 5) is 28.9. The van der Waals surface area contributed by atoms with Gasteiger partial charge in [0.25, 0.3) is 5.91 Å². The molecule has 0 aliphatic rings. The predicted molar refractivity (Wildman–Crippen MR) is 86.5 cm³/mol. The SMILES string of the molecule is Cc1cc(C(=O)N(C)CCC(=O)O)c(C)n1Cc1ccccn1. The van der Waals surface area contributed by atoms with E-state index in [0.717, 1.165) is 17.1 Å². The van der Waals surface area contributed by atoms with Gasteiger partial charge in [0.1, 0.15) is 0 Å². The van der Waals surface area contributed by atoms with E-state index >= 15 is 0 Å². The third-order valence-electron chi connectivity index (χ3n) is 3.86. The Bertz CT molecular complexity index is 707. The number of nitrogens with zero attached hydrogens (tertiary/aromatic N) is 3. The van der Waals surface area contributed by atoms with Crippen molar-refractivity contribution in [1.29, 1.82) is 0 Å². The molecule has 122 valence electrons. The fourth-order valence-corrected chi connectivity index (χ4v) is 2.49. The summed E-state index contributed by atoms with van der Waals surface area (Å²) in [6, 6.07) is 7.59. The third-order valence-corrected chi connectivity index (χ3v) is 3.86. The molecule has 2 heterocycles. The van der Waals surface area contributed by atoms with Crippen LogP contribution in [-0.2, 0) is 11.3 Å². The summed E-state index contributed by atoms with van der Waals surface area (Å²) in [7, 11) is 1.62. The fraction of sp³-hybridized carbons (Fsp3) is 0.353. The van der Waals surface area contributed by atoms with E-state index in [4.69, 9.17) is 5.11 Å². The number of aliphatic carboxylic acids is 1. The first-order chi connectivity index (χ1) is 10.9. The molecule has 6 nitrogen and oxygen atoms in total. The lowest BCUT2D eigenvalue weighted by molar-refractivity contribution is -0.137. The van der Waals surface area contributed by atoms with Crippen LogP contribution in [0.1, 0.15) is 33.9 Å². The maximum absolute atomic E-state index is 12.5. The van der Waals surface area contributed by atoms with Crippen molar-refractivity contribution in [3.05, 3.63) is 53.1 Å². The van der Waals surface area contributed by atoms with Crippen molar-refractivity contribution in [2.75, 3.05) is 13.6 Å². The highest BCUT2D eigenvalue weighted by Crippen LogP contribution is 2.18. The van der Waals surface area contributed by atoms with Gasteiger partial charge in [0.2, 0.25) is 0 Å². The van der Waals surface area contributed by atoms with E-state index in [0.29, 0.717) is 12.1 Å². The Balaban J connectivity index is 2.19. The van der Waals surface area contributed by atoms with Crippen LogP contribution in [0, 0.1) is 13.8 Å². The Kier molecular flexibility index (Phi) is 5.16. The van der Waals surface area contributed by atoms with Crippen molar-refractivity contribution in [2.45, 2.75) is 26.8 Å². The van der Waals surface area contributed by atoms with Gasteiger partial charge in [0.05, 0.1) is 24.2 Å². The molecule has 0 aliphatic heterocycles. The first kappa shape index (κ1) is 16.7. The average molecular weight is 315 g/mol. The summed E-state index contributed by atoms with van der Waals surface area (Å²) in [5.74, 6) is -1.07. The maximum Gasteiger partial charge on any atom is 0.305 e. The van der Waals surface area contributed by atoms with Gasteiger partial charge in [0.15, 0.2) is 0 Å². The topological polar surface area (TPSA) is 75.4 Å². The van der Waals surface area contributed by atoms with Gasteiger partial charge in [-0.05, 0) is 32.0 Å². The molecule has 0 aromatic carbocycles. The molecule has 0 saturated heterocycles. The summed E-state index contributed by atoms with van der Waals surface area (Å²) >= 11 is 0. The largest absolute Gasteiger partial charge is 0.481 e. The number of rotatable bonds is 6. The summed E-state index contributed by atoms with van der Waals surface area (Å²) in [6.45, 7) is 4.64. The molecule has 0 radical (unpaired) electrons. The minimum absolute atomic E-state index is 0.0606. The molecule has 2 aromatic heterocycles. The number of carboxylic acids is 1. The van der Waals surface area contributed by atoms with Crippen LogP contribution >= 0.6 is 0 Å². The van der Waals surface area contributed by atoms with Gasteiger partial charge in [-0.25, -0.2) is 0 Å². The average Bonchev–Trinajstić information content (AvgIpc) is 2.81. The van der Waals surface area contributed by atoms with Gasteiger partial charge >= 0.3 is 5.97 Å². The second-order valence-electron chi connectivity index (χ2n) is 5.56. The molecule has 0 atom stereocenters. The van der Waals surface area contributed by atoms with E-state index < -0.39 is 5.97 Å². The van der Waals surface area contributed by atoms with Gasteiger partial charge in [-0.1, -0.05) is 6.07 Å². The number of carbonyl (C=O) groups excluding carboxylic acids is 1. The van der Waals surface area contributed by atoms with Gasteiger partial charge in [-0.3, -0.25) is 14.6 Å². The number of hydrogen-bond acceptors (Lipinski definition) is 3. The number of carboxylic acid groups (broad SMARTS) is 1.